The standard InChI is InChI=1S/C11H17NS/c1-3-10(12-2)6-4-7-11-8-5-9-13-11/h3,5,8-10,12H,1,4,6-7H2,2H3. The zero-order valence-corrected chi connectivity index (χ0v) is 8.94. The van der Waals surface area contributed by atoms with E-state index < -0.39 is 0 Å². The van der Waals surface area contributed by atoms with Crippen molar-refractivity contribution >= 4 is 11.3 Å². The van der Waals surface area contributed by atoms with Gasteiger partial charge in [-0.1, -0.05) is 12.1 Å². The molecule has 13 heavy (non-hydrogen) atoms. The molecular formula is C11H17NS. The number of rotatable bonds is 6. The molecule has 1 heterocycles. The summed E-state index contributed by atoms with van der Waals surface area (Å²) < 4.78 is 0. The van der Waals surface area contributed by atoms with Gasteiger partial charge in [0.15, 0.2) is 0 Å². The van der Waals surface area contributed by atoms with Crippen molar-refractivity contribution in [2.75, 3.05) is 7.05 Å². The van der Waals surface area contributed by atoms with Gasteiger partial charge in [0.25, 0.3) is 0 Å². The van der Waals surface area contributed by atoms with Crippen LogP contribution in [0.2, 0.25) is 0 Å². The minimum Gasteiger partial charge on any atom is -0.314 e. The smallest absolute Gasteiger partial charge is 0.0244 e. The van der Waals surface area contributed by atoms with E-state index in [-0.39, 0.29) is 0 Å². The van der Waals surface area contributed by atoms with Gasteiger partial charge in [-0.05, 0) is 37.8 Å². The molecule has 2 heteroatoms. The van der Waals surface area contributed by atoms with Gasteiger partial charge in [-0.2, -0.15) is 0 Å². The fourth-order valence-electron chi connectivity index (χ4n) is 1.33. The Morgan fingerprint density at radius 3 is 3.08 bits per heavy atom. The highest BCUT2D eigenvalue weighted by Crippen LogP contribution is 2.12. The maximum atomic E-state index is 3.79. The average Bonchev–Trinajstić information content (AvgIpc) is 2.65. The lowest BCUT2D eigenvalue weighted by Crippen LogP contribution is -2.22. The van der Waals surface area contributed by atoms with Gasteiger partial charge in [0.1, 0.15) is 0 Å². The molecule has 0 fully saturated rings. The Morgan fingerprint density at radius 1 is 1.69 bits per heavy atom. The molecule has 0 radical (unpaired) electrons. The molecule has 1 aromatic heterocycles. The minimum atomic E-state index is 0.472. The van der Waals surface area contributed by atoms with Gasteiger partial charge < -0.3 is 5.32 Å². The molecule has 0 saturated carbocycles. The monoisotopic (exact) mass is 195 g/mol. The molecule has 72 valence electrons. The molecule has 0 spiro atoms. The summed E-state index contributed by atoms with van der Waals surface area (Å²) in [6.45, 7) is 3.79. The Hall–Kier alpha value is -0.600. The predicted molar refractivity (Wildman–Crippen MR) is 60.3 cm³/mol. The first-order valence-corrected chi connectivity index (χ1v) is 5.57. The van der Waals surface area contributed by atoms with Crippen LogP contribution in [0.1, 0.15) is 17.7 Å². The second kappa shape index (κ2) is 5.95. The van der Waals surface area contributed by atoms with Gasteiger partial charge in [-0.25, -0.2) is 0 Å². The molecule has 0 amide bonds. The minimum absolute atomic E-state index is 0.472. The van der Waals surface area contributed by atoms with Crippen molar-refractivity contribution in [1.82, 2.24) is 5.32 Å². The summed E-state index contributed by atoms with van der Waals surface area (Å²) >= 11 is 1.84. The lowest BCUT2D eigenvalue weighted by Gasteiger charge is -2.09. The lowest BCUT2D eigenvalue weighted by molar-refractivity contribution is 0.587. The third kappa shape index (κ3) is 3.75. The third-order valence-corrected chi connectivity index (χ3v) is 3.11. The molecule has 0 aliphatic carbocycles. The average molecular weight is 195 g/mol. The summed E-state index contributed by atoms with van der Waals surface area (Å²) in [6, 6.07) is 4.79. The van der Waals surface area contributed by atoms with Crippen molar-refractivity contribution in [3.63, 3.8) is 0 Å². The maximum Gasteiger partial charge on any atom is 0.0244 e. The highest BCUT2D eigenvalue weighted by Gasteiger charge is 2.00. The van der Waals surface area contributed by atoms with Gasteiger partial charge in [0, 0.05) is 10.9 Å². The first-order chi connectivity index (χ1) is 6.36. The zero-order valence-electron chi connectivity index (χ0n) is 8.12. The molecule has 0 saturated heterocycles. The summed E-state index contributed by atoms with van der Waals surface area (Å²) in [7, 11) is 1.98. The normalized spacial score (nSPS) is 12.7. The molecule has 1 aromatic rings. The van der Waals surface area contributed by atoms with E-state index in [1.54, 1.807) is 0 Å². The summed E-state index contributed by atoms with van der Waals surface area (Å²) in [5.41, 5.74) is 0. The van der Waals surface area contributed by atoms with E-state index in [1.165, 1.54) is 24.1 Å². The largest absolute Gasteiger partial charge is 0.314 e. The van der Waals surface area contributed by atoms with E-state index in [0.717, 1.165) is 0 Å². The first kappa shape index (κ1) is 10.5. The summed E-state index contributed by atoms with van der Waals surface area (Å²) in [6.07, 6.45) is 5.59. The van der Waals surface area contributed by atoms with Gasteiger partial charge in [0.05, 0.1) is 0 Å². The Morgan fingerprint density at radius 2 is 2.54 bits per heavy atom. The van der Waals surface area contributed by atoms with Crippen LogP contribution in [0.4, 0.5) is 0 Å². The summed E-state index contributed by atoms with van der Waals surface area (Å²) in [5.74, 6) is 0. The molecule has 0 bridgehead atoms. The van der Waals surface area contributed by atoms with Crippen molar-refractivity contribution in [2.24, 2.45) is 0 Å². The summed E-state index contributed by atoms with van der Waals surface area (Å²) in [4.78, 5) is 1.49. The van der Waals surface area contributed by atoms with Crippen LogP contribution in [0.5, 0.6) is 0 Å². The molecule has 0 aromatic carbocycles. The Balaban J connectivity index is 2.17. The Labute approximate surface area is 84.5 Å². The fourth-order valence-corrected chi connectivity index (χ4v) is 2.08. The van der Waals surface area contributed by atoms with E-state index >= 15 is 0 Å². The number of thiophene rings is 1. The molecule has 1 unspecified atom stereocenters. The van der Waals surface area contributed by atoms with Crippen LogP contribution in [0.15, 0.2) is 30.2 Å². The van der Waals surface area contributed by atoms with E-state index in [4.69, 9.17) is 0 Å². The Kier molecular flexibility index (Phi) is 4.79. The highest BCUT2D eigenvalue weighted by molar-refractivity contribution is 7.09. The van der Waals surface area contributed by atoms with Crippen LogP contribution in [-0.4, -0.2) is 13.1 Å². The van der Waals surface area contributed by atoms with E-state index in [0.29, 0.717) is 6.04 Å². The van der Waals surface area contributed by atoms with E-state index in [2.05, 4.69) is 29.4 Å². The second-order valence-corrected chi connectivity index (χ2v) is 4.13. The lowest BCUT2D eigenvalue weighted by atomic mass is 10.1. The van der Waals surface area contributed by atoms with Gasteiger partial charge in [-0.3, -0.25) is 0 Å². The van der Waals surface area contributed by atoms with Gasteiger partial charge >= 0.3 is 0 Å². The predicted octanol–water partition coefficient (Wildman–Crippen LogP) is 2.84. The highest BCUT2D eigenvalue weighted by atomic mass is 32.1. The van der Waals surface area contributed by atoms with Crippen molar-refractivity contribution in [3.05, 3.63) is 35.0 Å². The van der Waals surface area contributed by atoms with Crippen LogP contribution >= 0.6 is 11.3 Å². The molecule has 0 aliphatic rings. The van der Waals surface area contributed by atoms with Crippen molar-refractivity contribution in [3.8, 4) is 0 Å². The number of hydrogen-bond acceptors (Lipinski definition) is 2. The summed E-state index contributed by atoms with van der Waals surface area (Å²) in [5, 5.41) is 5.35. The van der Waals surface area contributed by atoms with E-state index in [9.17, 15) is 0 Å². The maximum absolute atomic E-state index is 3.79. The molecule has 0 aliphatic heterocycles. The van der Waals surface area contributed by atoms with Crippen LogP contribution in [0.25, 0.3) is 0 Å². The third-order valence-electron chi connectivity index (χ3n) is 2.17. The topological polar surface area (TPSA) is 12.0 Å². The van der Waals surface area contributed by atoms with Gasteiger partial charge in [0.2, 0.25) is 0 Å². The van der Waals surface area contributed by atoms with Crippen molar-refractivity contribution < 1.29 is 0 Å². The van der Waals surface area contributed by atoms with Crippen LogP contribution in [-0.2, 0) is 6.42 Å². The van der Waals surface area contributed by atoms with Crippen molar-refractivity contribution in [1.29, 1.82) is 0 Å². The number of hydrogen-bond donors (Lipinski definition) is 1. The van der Waals surface area contributed by atoms with Crippen LogP contribution in [0, 0.1) is 0 Å². The number of aryl methyl sites for hydroxylation is 1. The molecule has 1 rings (SSSR count). The zero-order chi connectivity index (χ0) is 9.52. The van der Waals surface area contributed by atoms with E-state index in [1.807, 2.05) is 24.5 Å². The fraction of sp³-hybridized carbons (Fsp3) is 0.455. The number of nitrogens with one attached hydrogen (secondary N) is 1. The van der Waals surface area contributed by atoms with Crippen LogP contribution in [0.3, 0.4) is 0 Å². The Bertz CT molecular complexity index is 228. The molecular weight excluding hydrogens is 178 g/mol. The molecule has 1 nitrogen and oxygen atoms in total. The van der Waals surface area contributed by atoms with Crippen molar-refractivity contribution in [2.45, 2.75) is 25.3 Å². The number of likely N-dealkylation sites (N-methyl/N-ethyl adjacent to an activating group) is 1. The SMILES string of the molecule is C=CC(CCCc1cccs1)NC. The van der Waals surface area contributed by atoms with Crippen LogP contribution < -0.4 is 5.32 Å². The van der Waals surface area contributed by atoms with Gasteiger partial charge in [-0.15, -0.1) is 17.9 Å². The first-order valence-electron chi connectivity index (χ1n) is 4.69. The quantitative estimate of drug-likeness (QED) is 0.688. The molecule has 1 atom stereocenters. The second-order valence-electron chi connectivity index (χ2n) is 3.10. The molecule has 1 N–H and O–H groups in total.